The Morgan fingerprint density at radius 3 is 2.92 bits per heavy atom. The lowest BCUT2D eigenvalue weighted by Crippen LogP contribution is -2.48. The summed E-state index contributed by atoms with van der Waals surface area (Å²) in [6.45, 7) is 1.26. The summed E-state index contributed by atoms with van der Waals surface area (Å²) in [4.78, 5) is 0. The summed E-state index contributed by atoms with van der Waals surface area (Å²) >= 11 is 0. The quantitative estimate of drug-likeness (QED) is 0.563. The Morgan fingerprint density at radius 2 is 2.38 bits per heavy atom. The Labute approximate surface area is 79.3 Å². The van der Waals surface area contributed by atoms with E-state index in [9.17, 15) is 0 Å². The zero-order valence-corrected chi connectivity index (χ0v) is 7.95. The van der Waals surface area contributed by atoms with Crippen molar-refractivity contribution in [1.82, 2.24) is 5.32 Å². The highest BCUT2D eigenvalue weighted by atomic mass is 16.6. The predicted octanol–water partition coefficient (Wildman–Crippen LogP) is -1.12. The lowest BCUT2D eigenvalue weighted by molar-refractivity contribution is -0.107. The van der Waals surface area contributed by atoms with Crippen molar-refractivity contribution >= 4 is 7.85 Å². The first-order chi connectivity index (χ1) is 6.23. The van der Waals surface area contributed by atoms with Gasteiger partial charge >= 0.3 is 0 Å². The van der Waals surface area contributed by atoms with E-state index in [1.54, 1.807) is 14.2 Å². The zero-order chi connectivity index (χ0) is 9.47. The molecule has 2 unspecified atom stereocenters. The number of hydrogen-bond acceptors (Lipinski definition) is 4. The summed E-state index contributed by atoms with van der Waals surface area (Å²) < 4.78 is 16.2. The molecule has 2 bridgehead atoms. The smallest absolute Gasteiger partial charge is 0.131 e. The van der Waals surface area contributed by atoms with Crippen LogP contribution in [0.3, 0.4) is 0 Å². The molecule has 2 rings (SSSR count). The minimum absolute atomic E-state index is 0.00227. The van der Waals surface area contributed by atoms with Crippen LogP contribution in [-0.4, -0.2) is 59.0 Å². The third-order valence-electron chi connectivity index (χ3n) is 2.85. The molecule has 0 aromatic rings. The second-order valence-corrected chi connectivity index (χ2v) is 3.64. The Bertz CT molecular complexity index is 204. The van der Waals surface area contributed by atoms with Gasteiger partial charge in [0.1, 0.15) is 19.6 Å². The van der Waals surface area contributed by atoms with Crippen LogP contribution in [0.5, 0.6) is 0 Å². The Hall–Kier alpha value is -0.0951. The molecular weight excluding hydrogens is 169 g/mol. The fraction of sp³-hybridized carbons (Fsp3) is 1.00. The topological polar surface area (TPSA) is 39.7 Å². The highest BCUT2D eigenvalue weighted by Crippen LogP contribution is 2.36. The van der Waals surface area contributed by atoms with E-state index >= 15 is 0 Å². The normalized spacial score (nSPS) is 48.6. The van der Waals surface area contributed by atoms with Gasteiger partial charge in [0.15, 0.2) is 0 Å². The van der Waals surface area contributed by atoms with Crippen molar-refractivity contribution < 1.29 is 14.2 Å². The Kier molecular flexibility index (Phi) is 2.36. The van der Waals surface area contributed by atoms with E-state index < -0.39 is 0 Å². The fourth-order valence-corrected chi connectivity index (χ4v) is 2.34. The maximum atomic E-state index is 5.78. The number of hydrogen-bond donors (Lipinski definition) is 1. The summed E-state index contributed by atoms with van der Waals surface area (Å²) in [5, 5.41) is 3.28. The Balaban J connectivity index is 2.17. The van der Waals surface area contributed by atoms with E-state index in [0.717, 1.165) is 6.54 Å². The molecule has 2 aliphatic rings. The van der Waals surface area contributed by atoms with Gasteiger partial charge in [-0.3, -0.25) is 0 Å². The lowest BCUT2D eigenvalue weighted by Gasteiger charge is -2.30. The van der Waals surface area contributed by atoms with Crippen LogP contribution in [-0.2, 0) is 14.2 Å². The van der Waals surface area contributed by atoms with Gasteiger partial charge in [0.05, 0.1) is 12.6 Å². The second kappa shape index (κ2) is 3.24. The van der Waals surface area contributed by atoms with Crippen molar-refractivity contribution in [2.24, 2.45) is 0 Å². The third-order valence-corrected chi connectivity index (χ3v) is 2.85. The maximum Gasteiger partial charge on any atom is 0.131 e. The molecule has 0 aliphatic carbocycles. The van der Waals surface area contributed by atoms with Gasteiger partial charge in [0, 0.05) is 26.8 Å². The molecular formula is C8H14BNO3. The van der Waals surface area contributed by atoms with Crippen molar-refractivity contribution in [2.45, 2.75) is 23.8 Å². The largest absolute Gasteiger partial charge is 0.382 e. The molecule has 0 amide bonds. The van der Waals surface area contributed by atoms with Crippen LogP contribution in [0, 0.1) is 0 Å². The molecule has 0 aromatic carbocycles. The van der Waals surface area contributed by atoms with Crippen LogP contribution < -0.4 is 5.32 Å². The van der Waals surface area contributed by atoms with Crippen molar-refractivity contribution in [1.29, 1.82) is 0 Å². The molecule has 72 valence electrons. The molecule has 4 nitrogen and oxygen atoms in total. The molecule has 1 N–H and O–H groups in total. The van der Waals surface area contributed by atoms with Gasteiger partial charge in [-0.15, -0.1) is 0 Å². The van der Waals surface area contributed by atoms with Crippen LogP contribution in [0.1, 0.15) is 0 Å². The van der Waals surface area contributed by atoms with E-state index in [0.29, 0.717) is 6.61 Å². The SMILES string of the molecule is [B][C@@H]1O[C@]2(COC)CNC1C2OC. The number of methoxy groups -OCH3 is 2. The summed E-state index contributed by atoms with van der Waals surface area (Å²) in [7, 11) is 9.11. The van der Waals surface area contributed by atoms with E-state index in [-0.39, 0.29) is 23.8 Å². The fourth-order valence-electron chi connectivity index (χ4n) is 2.34. The maximum absolute atomic E-state index is 5.78. The molecule has 2 fully saturated rings. The van der Waals surface area contributed by atoms with E-state index in [1.165, 1.54) is 0 Å². The molecule has 5 heteroatoms. The number of nitrogens with one attached hydrogen (secondary N) is 1. The molecule has 0 spiro atoms. The predicted molar refractivity (Wildman–Crippen MR) is 47.8 cm³/mol. The highest BCUT2D eigenvalue weighted by molar-refractivity contribution is 6.12. The molecule has 2 radical (unpaired) electrons. The van der Waals surface area contributed by atoms with E-state index in [4.69, 9.17) is 22.1 Å². The van der Waals surface area contributed by atoms with Gasteiger partial charge in [0.2, 0.25) is 0 Å². The molecule has 13 heavy (non-hydrogen) atoms. The van der Waals surface area contributed by atoms with Crippen molar-refractivity contribution in [3.63, 3.8) is 0 Å². The number of fused-ring (bicyclic) bond motifs is 2. The van der Waals surface area contributed by atoms with E-state index in [2.05, 4.69) is 5.32 Å². The average molecular weight is 183 g/mol. The van der Waals surface area contributed by atoms with Crippen LogP contribution in [0.15, 0.2) is 0 Å². The van der Waals surface area contributed by atoms with Crippen molar-refractivity contribution in [3.8, 4) is 0 Å². The minimum Gasteiger partial charge on any atom is -0.382 e. The average Bonchev–Trinajstić information content (AvgIpc) is 2.55. The van der Waals surface area contributed by atoms with Crippen molar-refractivity contribution in [2.75, 3.05) is 27.4 Å². The standard InChI is InChI=1S/C8H14BNO3/c1-11-4-8-3-10-5(6(8)12-2)7(9)13-8/h5-7,10H,3-4H2,1-2H3/t5?,6?,7-,8+/m1/s1. The molecule has 2 aliphatic heterocycles. The molecule has 0 saturated carbocycles. The lowest BCUT2D eigenvalue weighted by atomic mass is 9.91. The van der Waals surface area contributed by atoms with Crippen molar-refractivity contribution in [3.05, 3.63) is 0 Å². The van der Waals surface area contributed by atoms with Gasteiger partial charge in [-0.05, 0) is 0 Å². The molecule has 0 aromatic heterocycles. The molecule has 2 saturated heterocycles. The first kappa shape index (κ1) is 9.46. The molecule has 2 heterocycles. The van der Waals surface area contributed by atoms with Gasteiger partial charge in [-0.1, -0.05) is 0 Å². The zero-order valence-electron chi connectivity index (χ0n) is 7.95. The van der Waals surface area contributed by atoms with Crippen LogP contribution >= 0.6 is 0 Å². The van der Waals surface area contributed by atoms with Gasteiger partial charge in [0.25, 0.3) is 0 Å². The number of ether oxygens (including phenoxy) is 3. The second-order valence-electron chi connectivity index (χ2n) is 3.64. The number of rotatable bonds is 3. The molecule has 4 atom stereocenters. The minimum atomic E-state index is -0.381. The van der Waals surface area contributed by atoms with Crippen LogP contribution in [0.4, 0.5) is 0 Å². The summed E-state index contributed by atoms with van der Waals surface area (Å²) in [6.07, 6.45) is 0.00227. The van der Waals surface area contributed by atoms with Crippen LogP contribution in [0.25, 0.3) is 0 Å². The third kappa shape index (κ3) is 1.22. The van der Waals surface area contributed by atoms with E-state index in [1.807, 2.05) is 0 Å². The summed E-state index contributed by atoms with van der Waals surface area (Å²) in [5.41, 5.74) is -0.381. The van der Waals surface area contributed by atoms with Gasteiger partial charge in [-0.25, -0.2) is 0 Å². The summed E-state index contributed by atoms with van der Waals surface area (Å²) in [6, 6.07) is -0.186. The number of morpholine rings is 1. The first-order valence-corrected chi connectivity index (χ1v) is 4.42. The van der Waals surface area contributed by atoms with Gasteiger partial charge < -0.3 is 19.5 Å². The van der Waals surface area contributed by atoms with Gasteiger partial charge in [-0.2, -0.15) is 0 Å². The first-order valence-electron chi connectivity index (χ1n) is 4.42. The summed E-state index contributed by atoms with van der Waals surface area (Å²) in [5.74, 6) is 0. The Morgan fingerprint density at radius 1 is 1.62 bits per heavy atom. The highest BCUT2D eigenvalue weighted by Gasteiger charge is 2.58. The van der Waals surface area contributed by atoms with Crippen LogP contribution in [0.2, 0.25) is 0 Å². The monoisotopic (exact) mass is 183 g/mol.